The zero-order chi connectivity index (χ0) is 18.2. The zero-order valence-electron chi connectivity index (χ0n) is 15.4. The van der Waals surface area contributed by atoms with Crippen LogP contribution in [0.1, 0.15) is 57.8 Å². The first-order valence-electron chi connectivity index (χ1n) is 9.89. The number of alkyl carbamates (subject to hydrolysis) is 1. The minimum absolute atomic E-state index is 0.0768. The standard InChI is InChI=1S/C20H30N2O4/c23-18(25-15-16-7-3-1-4-8-16)20(11-5-2-6-12-20)22-19(24)26-17-9-13-21-14-10-17/h1,3,7,17,21H,2,4-6,8-15H2,(H,22,24). The van der Waals surface area contributed by atoms with E-state index in [0.717, 1.165) is 63.6 Å². The van der Waals surface area contributed by atoms with Crippen LogP contribution >= 0.6 is 0 Å². The second kappa shape index (κ2) is 9.21. The highest BCUT2D eigenvalue weighted by Gasteiger charge is 2.43. The van der Waals surface area contributed by atoms with E-state index < -0.39 is 11.6 Å². The van der Waals surface area contributed by atoms with Crippen molar-refractivity contribution in [1.29, 1.82) is 0 Å². The number of esters is 1. The SMILES string of the molecule is O=C(NC1(C(=O)OCC2=CC=CCC2)CCCCC1)OC1CCNCC1. The van der Waals surface area contributed by atoms with E-state index in [1.165, 1.54) is 0 Å². The van der Waals surface area contributed by atoms with Gasteiger partial charge in [-0.05, 0) is 57.2 Å². The fourth-order valence-corrected chi connectivity index (χ4v) is 3.89. The predicted molar refractivity (Wildman–Crippen MR) is 98.7 cm³/mol. The van der Waals surface area contributed by atoms with Crippen LogP contribution in [0.3, 0.4) is 0 Å². The summed E-state index contributed by atoms with van der Waals surface area (Å²) >= 11 is 0. The normalized spacial score (nSPS) is 23.0. The van der Waals surface area contributed by atoms with Gasteiger partial charge in [0.05, 0.1) is 0 Å². The molecule has 1 aliphatic heterocycles. The topological polar surface area (TPSA) is 76.7 Å². The zero-order valence-corrected chi connectivity index (χ0v) is 15.4. The molecule has 3 rings (SSSR count). The summed E-state index contributed by atoms with van der Waals surface area (Å²) < 4.78 is 11.1. The molecule has 2 N–H and O–H groups in total. The molecule has 1 heterocycles. The van der Waals surface area contributed by atoms with Gasteiger partial charge in [0.15, 0.2) is 0 Å². The van der Waals surface area contributed by atoms with E-state index in [2.05, 4.69) is 16.7 Å². The summed E-state index contributed by atoms with van der Waals surface area (Å²) in [6.45, 7) is 2.01. The van der Waals surface area contributed by atoms with Gasteiger partial charge in [-0.15, -0.1) is 0 Å². The number of piperidine rings is 1. The molecular weight excluding hydrogens is 332 g/mol. The van der Waals surface area contributed by atoms with Crippen molar-refractivity contribution in [2.24, 2.45) is 0 Å². The van der Waals surface area contributed by atoms with Crippen LogP contribution in [-0.2, 0) is 14.3 Å². The van der Waals surface area contributed by atoms with Crippen LogP contribution in [0.15, 0.2) is 23.8 Å². The van der Waals surface area contributed by atoms with Gasteiger partial charge in [0.25, 0.3) is 0 Å². The molecule has 6 heteroatoms. The fraction of sp³-hybridized carbons (Fsp3) is 0.700. The predicted octanol–water partition coefficient (Wildman–Crippen LogP) is 2.99. The summed E-state index contributed by atoms with van der Waals surface area (Å²) in [7, 11) is 0. The number of carbonyl (C=O) groups excluding carboxylic acids is 2. The van der Waals surface area contributed by atoms with Gasteiger partial charge in [0.2, 0.25) is 0 Å². The van der Waals surface area contributed by atoms with Crippen LogP contribution in [-0.4, -0.2) is 43.4 Å². The Morgan fingerprint density at radius 3 is 2.65 bits per heavy atom. The van der Waals surface area contributed by atoms with Crippen molar-refractivity contribution in [2.45, 2.75) is 69.4 Å². The lowest BCUT2D eigenvalue weighted by Crippen LogP contribution is -2.57. The highest BCUT2D eigenvalue weighted by Crippen LogP contribution is 2.30. The number of amides is 1. The molecule has 1 amide bonds. The molecule has 0 unspecified atom stereocenters. The second-order valence-corrected chi connectivity index (χ2v) is 7.49. The molecule has 0 aromatic rings. The third kappa shape index (κ3) is 5.10. The van der Waals surface area contributed by atoms with Crippen molar-refractivity contribution in [3.8, 4) is 0 Å². The van der Waals surface area contributed by atoms with Gasteiger partial charge in [0.1, 0.15) is 18.2 Å². The maximum atomic E-state index is 12.8. The van der Waals surface area contributed by atoms with Gasteiger partial charge in [-0.3, -0.25) is 0 Å². The third-order valence-corrected chi connectivity index (χ3v) is 5.49. The van der Waals surface area contributed by atoms with Crippen LogP contribution in [0, 0.1) is 0 Å². The van der Waals surface area contributed by atoms with E-state index in [0.29, 0.717) is 19.4 Å². The van der Waals surface area contributed by atoms with Gasteiger partial charge in [-0.2, -0.15) is 0 Å². The maximum Gasteiger partial charge on any atom is 0.408 e. The number of rotatable bonds is 5. The Hall–Kier alpha value is -1.82. The average Bonchev–Trinajstić information content (AvgIpc) is 2.68. The lowest BCUT2D eigenvalue weighted by molar-refractivity contribution is -0.152. The molecule has 0 aromatic carbocycles. The molecule has 0 aromatic heterocycles. The van der Waals surface area contributed by atoms with Crippen molar-refractivity contribution in [2.75, 3.05) is 19.7 Å². The molecule has 1 saturated carbocycles. The van der Waals surface area contributed by atoms with E-state index in [1.807, 2.05) is 12.2 Å². The molecule has 0 bridgehead atoms. The van der Waals surface area contributed by atoms with Crippen LogP contribution in [0.25, 0.3) is 0 Å². The van der Waals surface area contributed by atoms with Crippen molar-refractivity contribution < 1.29 is 19.1 Å². The number of hydrogen-bond donors (Lipinski definition) is 2. The van der Waals surface area contributed by atoms with Crippen LogP contribution in [0.4, 0.5) is 4.79 Å². The molecule has 0 atom stereocenters. The number of ether oxygens (including phenoxy) is 2. The van der Waals surface area contributed by atoms with E-state index >= 15 is 0 Å². The minimum atomic E-state index is -0.937. The minimum Gasteiger partial charge on any atom is -0.459 e. The van der Waals surface area contributed by atoms with E-state index in [9.17, 15) is 9.59 Å². The molecule has 3 aliphatic rings. The molecule has 0 spiro atoms. The van der Waals surface area contributed by atoms with Crippen molar-refractivity contribution >= 4 is 12.1 Å². The Morgan fingerprint density at radius 2 is 1.96 bits per heavy atom. The monoisotopic (exact) mass is 362 g/mol. The Balaban J connectivity index is 1.57. The summed E-state index contributed by atoms with van der Waals surface area (Å²) in [5.41, 5.74) is 0.178. The van der Waals surface area contributed by atoms with E-state index in [-0.39, 0.29) is 12.1 Å². The summed E-state index contributed by atoms with van der Waals surface area (Å²) in [6, 6.07) is 0. The lowest BCUT2D eigenvalue weighted by Gasteiger charge is -2.36. The fourth-order valence-electron chi connectivity index (χ4n) is 3.89. The largest absolute Gasteiger partial charge is 0.459 e. The first kappa shape index (κ1) is 19.0. The highest BCUT2D eigenvalue weighted by atomic mass is 16.6. The van der Waals surface area contributed by atoms with Gasteiger partial charge in [0, 0.05) is 0 Å². The molecule has 1 saturated heterocycles. The smallest absolute Gasteiger partial charge is 0.408 e. The number of hydrogen-bond acceptors (Lipinski definition) is 5. The van der Waals surface area contributed by atoms with Gasteiger partial charge < -0.3 is 20.1 Å². The first-order valence-corrected chi connectivity index (χ1v) is 9.89. The summed E-state index contributed by atoms with van der Waals surface area (Å²) in [5, 5.41) is 6.12. The lowest BCUT2D eigenvalue weighted by atomic mass is 9.81. The van der Waals surface area contributed by atoms with Gasteiger partial charge in [-0.25, -0.2) is 9.59 Å². The maximum absolute atomic E-state index is 12.8. The Bertz CT molecular complexity index is 558. The molecule has 6 nitrogen and oxygen atoms in total. The second-order valence-electron chi connectivity index (χ2n) is 7.49. The Morgan fingerprint density at radius 1 is 1.19 bits per heavy atom. The third-order valence-electron chi connectivity index (χ3n) is 5.49. The molecule has 26 heavy (non-hydrogen) atoms. The average molecular weight is 362 g/mol. The number of allylic oxidation sites excluding steroid dienone is 3. The van der Waals surface area contributed by atoms with Crippen LogP contribution < -0.4 is 10.6 Å². The number of carbonyl (C=O) groups is 2. The molecular formula is C20H30N2O4. The van der Waals surface area contributed by atoms with Crippen molar-refractivity contribution in [1.82, 2.24) is 10.6 Å². The summed E-state index contributed by atoms with van der Waals surface area (Å²) in [6.07, 6.45) is 13.2. The van der Waals surface area contributed by atoms with Crippen molar-refractivity contribution in [3.05, 3.63) is 23.8 Å². The summed E-state index contributed by atoms with van der Waals surface area (Å²) in [4.78, 5) is 25.3. The first-order chi connectivity index (χ1) is 12.7. The molecule has 2 aliphatic carbocycles. The highest BCUT2D eigenvalue weighted by molar-refractivity contribution is 5.86. The van der Waals surface area contributed by atoms with Gasteiger partial charge in [-0.1, -0.05) is 37.5 Å². The molecule has 144 valence electrons. The molecule has 2 fully saturated rings. The van der Waals surface area contributed by atoms with Gasteiger partial charge >= 0.3 is 12.1 Å². The Labute approximate surface area is 155 Å². The van der Waals surface area contributed by atoms with E-state index in [1.54, 1.807) is 0 Å². The summed E-state index contributed by atoms with van der Waals surface area (Å²) in [5.74, 6) is -0.324. The molecule has 0 radical (unpaired) electrons. The number of nitrogens with one attached hydrogen (secondary N) is 2. The van der Waals surface area contributed by atoms with Crippen LogP contribution in [0.2, 0.25) is 0 Å². The van der Waals surface area contributed by atoms with E-state index in [4.69, 9.17) is 9.47 Å². The van der Waals surface area contributed by atoms with Crippen molar-refractivity contribution in [3.63, 3.8) is 0 Å². The quantitative estimate of drug-likeness (QED) is 0.735. The Kier molecular flexibility index (Phi) is 6.72. The van der Waals surface area contributed by atoms with Crippen LogP contribution in [0.5, 0.6) is 0 Å².